The molecule has 1 aliphatic heterocycles. The molecule has 1 aromatic carbocycles. The second kappa shape index (κ2) is 5.63. The van der Waals surface area contributed by atoms with Crippen LogP contribution in [-0.2, 0) is 9.47 Å². The summed E-state index contributed by atoms with van der Waals surface area (Å²) in [6, 6.07) is 5.33. The van der Waals surface area contributed by atoms with Crippen molar-refractivity contribution in [2.24, 2.45) is 0 Å². The predicted molar refractivity (Wildman–Crippen MR) is 71.9 cm³/mol. The van der Waals surface area contributed by atoms with Gasteiger partial charge in [-0.3, -0.25) is 0 Å². The molecule has 0 aliphatic carbocycles. The van der Waals surface area contributed by atoms with E-state index in [2.05, 4.69) is 6.92 Å². The van der Waals surface area contributed by atoms with Crippen LogP contribution in [0.1, 0.15) is 23.7 Å². The van der Waals surface area contributed by atoms with Crippen LogP contribution >= 0.6 is 11.8 Å². The number of ether oxygens (including phenoxy) is 2. The zero-order chi connectivity index (χ0) is 13.1. The molecule has 1 heterocycles. The lowest BCUT2D eigenvalue weighted by atomic mass is 10.2. The van der Waals surface area contributed by atoms with Crippen LogP contribution in [-0.4, -0.2) is 31.0 Å². The number of carbonyl (C=O) groups excluding carboxylic acids is 1. The van der Waals surface area contributed by atoms with Gasteiger partial charge in [-0.2, -0.15) is 0 Å². The topological polar surface area (TPSA) is 61.5 Å². The largest absolute Gasteiger partial charge is 0.465 e. The molecule has 0 bridgehead atoms. The normalized spacial score (nSPS) is 23.0. The van der Waals surface area contributed by atoms with Crippen LogP contribution in [0, 0.1) is 0 Å². The Morgan fingerprint density at radius 2 is 2.33 bits per heavy atom. The summed E-state index contributed by atoms with van der Waals surface area (Å²) in [4.78, 5) is 12.6. The number of thioether (sulfide) groups is 1. The van der Waals surface area contributed by atoms with Crippen molar-refractivity contribution in [1.29, 1.82) is 0 Å². The van der Waals surface area contributed by atoms with E-state index in [0.717, 1.165) is 17.9 Å². The van der Waals surface area contributed by atoms with Crippen molar-refractivity contribution >= 4 is 23.4 Å². The molecule has 5 heteroatoms. The van der Waals surface area contributed by atoms with E-state index in [-0.39, 0.29) is 12.1 Å². The van der Waals surface area contributed by atoms with Crippen LogP contribution in [0.2, 0.25) is 0 Å². The Hall–Kier alpha value is -1.20. The quantitative estimate of drug-likeness (QED) is 0.672. The summed E-state index contributed by atoms with van der Waals surface area (Å²) >= 11 is 1.66. The van der Waals surface area contributed by atoms with Gasteiger partial charge in [0, 0.05) is 22.4 Å². The summed E-state index contributed by atoms with van der Waals surface area (Å²) in [6.45, 7) is 2.83. The number of nitrogen functional groups attached to an aromatic ring is 1. The van der Waals surface area contributed by atoms with Crippen LogP contribution in [0.5, 0.6) is 0 Å². The molecule has 1 saturated heterocycles. The molecule has 1 aromatic rings. The maximum absolute atomic E-state index is 11.7. The minimum absolute atomic E-state index is 0.207. The number of benzene rings is 1. The van der Waals surface area contributed by atoms with Gasteiger partial charge in [0.25, 0.3) is 0 Å². The summed E-state index contributed by atoms with van der Waals surface area (Å²) in [5.41, 5.74) is 6.81. The van der Waals surface area contributed by atoms with Crippen LogP contribution in [0.15, 0.2) is 23.1 Å². The van der Waals surface area contributed by atoms with Crippen LogP contribution in [0.3, 0.4) is 0 Å². The maximum atomic E-state index is 11.7. The highest BCUT2D eigenvalue weighted by atomic mass is 32.2. The Labute approximate surface area is 111 Å². The van der Waals surface area contributed by atoms with E-state index in [0.29, 0.717) is 16.5 Å². The molecule has 2 unspecified atom stereocenters. The van der Waals surface area contributed by atoms with Gasteiger partial charge in [-0.05, 0) is 31.5 Å². The summed E-state index contributed by atoms with van der Waals surface area (Å²) in [5, 5.41) is 0.372. The van der Waals surface area contributed by atoms with Crippen molar-refractivity contribution in [3.05, 3.63) is 23.8 Å². The Kier molecular flexibility index (Phi) is 4.14. The summed E-state index contributed by atoms with van der Waals surface area (Å²) in [7, 11) is 1.38. The second-order valence-corrected chi connectivity index (χ2v) is 5.55. The standard InChI is InChI=1S/C13H17NO3S/c1-8-11(5-6-17-8)18-12-4-3-9(14)7-10(12)13(15)16-2/h3-4,7-8,11H,5-6,14H2,1-2H3. The molecule has 98 valence electrons. The zero-order valence-electron chi connectivity index (χ0n) is 10.5. The van der Waals surface area contributed by atoms with Gasteiger partial charge in [0.1, 0.15) is 0 Å². The average molecular weight is 267 g/mol. The third-order valence-corrected chi connectivity index (χ3v) is 4.53. The number of carbonyl (C=O) groups is 1. The third-order valence-electron chi connectivity index (χ3n) is 2.99. The average Bonchev–Trinajstić information content (AvgIpc) is 2.76. The van der Waals surface area contributed by atoms with Crippen molar-refractivity contribution in [3.8, 4) is 0 Å². The van der Waals surface area contributed by atoms with E-state index in [9.17, 15) is 4.79 Å². The number of rotatable bonds is 3. The van der Waals surface area contributed by atoms with E-state index in [4.69, 9.17) is 15.2 Å². The summed E-state index contributed by atoms with van der Waals surface area (Å²) in [6.07, 6.45) is 1.20. The lowest BCUT2D eigenvalue weighted by Crippen LogP contribution is -2.14. The first-order chi connectivity index (χ1) is 8.61. The number of hydrogen-bond acceptors (Lipinski definition) is 5. The van der Waals surface area contributed by atoms with Gasteiger partial charge in [0.05, 0.1) is 18.8 Å². The zero-order valence-corrected chi connectivity index (χ0v) is 11.3. The van der Waals surface area contributed by atoms with Crippen LogP contribution in [0.4, 0.5) is 5.69 Å². The molecule has 18 heavy (non-hydrogen) atoms. The minimum Gasteiger partial charge on any atom is -0.465 e. The minimum atomic E-state index is -0.351. The van der Waals surface area contributed by atoms with Crippen LogP contribution < -0.4 is 5.73 Å². The first-order valence-corrected chi connectivity index (χ1v) is 6.76. The van der Waals surface area contributed by atoms with Crippen molar-refractivity contribution in [1.82, 2.24) is 0 Å². The van der Waals surface area contributed by atoms with E-state index in [1.807, 2.05) is 6.07 Å². The molecular formula is C13H17NO3S. The smallest absolute Gasteiger partial charge is 0.339 e. The highest BCUT2D eigenvalue weighted by molar-refractivity contribution is 8.00. The van der Waals surface area contributed by atoms with Gasteiger partial charge in [0.2, 0.25) is 0 Å². The van der Waals surface area contributed by atoms with Crippen molar-refractivity contribution in [3.63, 3.8) is 0 Å². The molecule has 0 amide bonds. The molecule has 0 saturated carbocycles. The Morgan fingerprint density at radius 1 is 1.56 bits per heavy atom. The number of hydrogen-bond donors (Lipinski definition) is 1. The molecule has 2 N–H and O–H groups in total. The fraction of sp³-hybridized carbons (Fsp3) is 0.462. The lowest BCUT2D eigenvalue weighted by Gasteiger charge is -2.15. The van der Waals surface area contributed by atoms with Gasteiger partial charge in [-0.15, -0.1) is 11.8 Å². The first kappa shape index (κ1) is 13.2. The second-order valence-electron chi connectivity index (χ2n) is 4.27. The SMILES string of the molecule is COC(=O)c1cc(N)ccc1SC1CCOC1C. The van der Waals surface area contributed by atoms with Crippen molar-refractivity contribution in [2.75, 3.05) is 19.5 Å². The van der Waals surface area contributed by atoms with Gasteiger partial charge < -0.3 is 15.2 Å². The molecule has 1 fully saturated rings. The van der Waals surface area contributed by atoms with E-state index in [1.54, 1.807) is 23.9 Å². The van der Waals surface area contributed by atoms with Gasteiger partial charge in [-0.25, -0.2) is 4.79 Å². The Bertz CT molecular complexity index is 450. The third kappa shape index (κ3) is 2.79. The molecule has 1 aliphatic rings. The monoisotopic (exact) mass is 267 g/mol. The predicted octanol–water partition coefficient (Wildman–Crippen LogP) is 2.32. The number of nitrogens with two attached hydrogens (primary N) is 1. The van der Waals surface area contributed by atoms with E-state index >= 15 is 0 Å². The molecular weight excluding hydrogens is 250 g/mol. The molecule has 2 rings (SSSR count). The Morgan fingerprint density at radius 3 is 2.94 bits per heavy atom. The summed E-state index contributed by atoms with van der Waals surface area (Å²) < 4.78 is 10.3. The molecule has 0 spiro atoms. The molecule has 0 aromatic heterocycles. The van der Waals surface area contributed by atoms with E-state index in [1.165, 1.54) is 7.11 Å². The molecule has 0 radical (unpaired) electrons. The highest BCUT2D eigenvalue weighted by Crippen LogP contribution is 2.35. The van der Waals surface area contributed by atoms with E-state index < -0.39 is 0 Å². The van der Waals surface area contributed by atoms with Gasteiger partial charge in [-0.1, -0.05) is 0 Å². The van der Waals surface area contributed by atoms with Gasteiger partial charge in [0.15, 0.2) is 0 Å². The molecule has 2 atom stereocenters. The Balaban J connectivity index is 2.23. The number of anilines is 1. The van der Waals surface area contributed by atoms with Crippen LogP contribution in [0.25, 0.3) is 0 Å². The fourth-order valence-corrected chi connectivity index (χ4v) is 3.18. The highest BCUT2D eigenvalue weighted by Gasteiger charge is 2.26. The van der Waals surface area contributed by atoms with Crippen molar-refractivity contribution in [2.45, 2.75) is 29.6 Å². The maximum Gasteiger partial charge on any atom is 0.339 e. The molecule has 4 nitrogen and oxygen atoms in total. The fourth-order valence-electron chi connectivity index (χ4n) is 1.95. The van der Waals surface area contributed by atoms with Gasteiger partial charge >= 0.3 is 5.97 Å². The number of methoxy groups -OCH3 is 1. The first-order valence-electron chi connectivity index (χ1n) is 5.88. The summed E-state index contributed by atoms with van der Waals surface area (Å²) in [5.74, 6) is -0.351. The van der Waals surface area contributed by atoms with Crippen molar-refractivity contribution < 1.29 is 14.3 Å². The lowest BCUT2D eigenvalue weighted by molar-refractivity contribution is 0.0596. The number of esters is 1.